The van der Waals surface area contributed by atoms with Gasteiger partial charge in [-0.1, -0.05) is 12.8 Å². The van der Waals surface area contributed by atoms with Gasteiger partial charge in [-0.25, -0.2) is 0 Å². The lowest BCUT2D eigenvalue weighted by atomic mass is 10.1. The van der Waals surface area contributed by atoms with E-state index in [2.05, 4.69) is 0 Å². The molecule has 2 N–H and O–H groups in total. The third-order valence-corrected chi connectivity index (χ3v) is 3.32. The highest BCUT2D eigenvalue weighted by atomic mass is 16.2. The molecule has 3 heteroatoms. The molecule has 0 aromatic rings. The van der Waals surface area contributed by atoms with Crippen molar-refractivity contribution in [1.82, 2.24) is 4.90 Å². The Balaban J connectivity index is 2.20. The fourth-order valence-electron chi connectivity index (χ4n) is 2.25. The second-order valence-corrected chi connectivity index (χ2v) is 4.81. The van der Waals surface area contributed by atoms with Crippen LogP contribution in [-0.2, 0) is 4.79 Å². The highest BCUT2D eigenvalue weighted by molar-refractivity contribution is 5.76. The summed E-state index contributed by atoms with van der Waals surface area (Å²) < 4.78 is 0. The first-order valence-electron chi connectivity index (χ1n) is 6.12. The Morgan fingerprint density at radius 2 is 2.07 bits per heavy atom. The van der Waals surface area contributed by atoms with Gasteiger partial charge in [0.25, 0.3) is 0 Å². The topological polar surface area (TPSA) is 46.3 Å². The molecular weight excluding hydrogens is 188 g/mol. The van der Waals surface area contributed by atoms with Crippen LogP contribution in [0.2, 0.25) is 0 Å². The predicted octanol–water partition coefficient (Wildman–Crippen LogP) is 1.90. The van der Waals surface area contributed by atoms with Crippen molar-refractivity contribution >= 4 is 5.91 Å². The lowest BCUT2D eigenvalue weighted by Gasteiger charge is -2.24. The Morgan fingerprint density at radius 3 is 2.60 bits per heavy atom. The van der Waals surface area contributed by atoms with Crippen LogP contribution < -0.4 is 5.73 Å². The molecule has 1 rings (SSSR count). The van der Waals surface area contributed by atoms with Crippen LogP contribution in [0.5, 0.6) is 0 Å². The Kier molecular flexibility index (Phi) is 5.09. The lowest BCUT2D eigenvalue weighted by Crippen LogP contribution is -2.35. The smallest absolute Gasteiger partial charge is 0.222 e. The molecule has 0 aromatic heterocycles. The quantitative estimate of drug-likeness (QED) is 0.756. The Labute approximate surface area is 93.0 Å². The molecular formula is C12H24N2O. The molecule has 1 fully saturated rings. The van der Waals surface area contributed by atoms with Gasteiger partial charge in [-0.2, -0.15) is 0 Å². The summed E-state index contributed by atoms with van der Waals surface area (Å²) in [6.07, 6.45) is 7.47. The van der Waals surface area contributed by atoms with E-state index in [1.807, 2.05) is 18.9 Å². The van der Waals surface area contributed by atoms with Gasteiger partial charge in [-0.15, -0.1) is 0 Å². The second kappa shape index (κ2) is 6.11. The van der Waals surface area contributed by atoms with Crippen LogP contribution in [-0.4, -0.2) is 29.9 Å². The summed E-state index contributed by atoms with van der Waals surface area (Å²) in [7, 11) is 1.95. The summed E-state index contributed by atoms with van der Waals surface area (Å²) in [5, 5.41) is 0. The standard InChI is InChI=1S/C12H24N2O/c1-10(13)6-5-9-12(15)14(2)11-7-3-4-8-11/h10-11H,3-9,13H2,1-2H3. The monoisotopic (exact) mass is 212 g/mol. The van der Waals surface area contributed by atoms with Crippen molar-refractivity contribution in [3.05, 3.63) is 0 Å². The summed E-state index contributed by atoms with van der Waals surface area (Å²) in [5.74, 6) is 0.294. The number of hydrogen-bond acceptors (Lipinski definition) is 2. The number of carbonyl (C=O) groups excluding carboxylic acids is 1. The van der Waals surface area contributed by atoms with Crippen LogP contribution >= 0.6 is 0 Å². The number of amides is 1. The van der Waals surface area contributed by atoms with Gasteiger partial charge in [0, 0.05) is 25.6 Å². The molecule has 0 radical (unpaired) electrons. The van der Waals surface area contributed by atoms with Gasteiger partial charge in [-0.3, -0.25) is 4.79 Å². The molecule has 88 valence electrons. The van der Waals surface area contributed by atoms with E-state index in [0.29, 0.717) is 18.4 Å². The average Bonchev–Trinajstić information content (AvgIpc) is 2.68. The summed E-state index contributed by atoms with van der Waals surface area (Å²) in [4.78, 5) is 13.7. The van der Waals surface area contributed by atoms with Crippen LogP contribution in [0.3, 0.4) is 0 Å². The van der Waals surface area contributed by atoms with Crippen molar-refractivity contribution < 1.29 is 4.79 Å². The van der Waals surface area contributed by atoms with Crippen molar-refractivity contribution in [2.75, 3.05) is 7.05 Å². The van der Waals surface area contributed by atoms with Crippen molar-refractivity contribution in [3.8, 4) is 0 Å². The van der Waals surface area contributed by atoms with Crippen LogP contribution in [0.4, 0.5) is 0 Å². The highest BCUT2D eigenvalue weighted by Crippen LogP contribution is 2.23. The van der Waals surface area contributed by atoms with Crippen LogP contribution in [0, 0.1) is 0 Å². The zero-order valence-electron chi connectivity index (χ0n) is 10.0. The van der Waals surface area contributed by atoms with E-state index >= 15 is 0 Å². The summed E-state index contributed by atoms with van der Waals surface area (Å²) in [6.45, 7) is 1.99. The van der Waals surface area contributed by atoms with Gasteiger partial charge in [0.15, 0.2) is 0 Å². The number of rotatable bonds is 5. The Morgan fingerprint density at radius 1 is 1.47 bits per heavy atom. The number of nitrogens with two attached hydrogens (primary N) is 1. The molecule has 15 heavy (non-hydrogen) atoms. The summed E-state index contributed by atoms with van der Waals surface area (Å²) in [6, 6.07) is 0.724. The van der Waals surface area contributed by atoms with Crippen molar-refractivity contribution in [2.24, 2.45) is 5.73 Å². The fraction of sp³-hybridized carbons (Fsp3) is 0.917. The summed E-state index contributed by atoms with van der Waals surface area (Å²) >= 11 is 0. The largest absolute Gasteiger partial charge is 0.343 e. The van der Waals surface area contributed by atoms with Gasteiger partial charge < -0.3 is 10.6 Å². The Bertz CT molecular complexity index is 198. The van der Waals surface area contributed by atoms with E-state index in [-0.39, 0.29) is 6.04 Å². The molecule has 1 aliphatic carbocycles. The normalized spacial score (nSPS) is 19.1. The van der Waals surface area contributed by atoms with E-state index in [1.54, 1.807) is 0 Å². The SMILES string of the molecule is CC(N)CCCC(=O)N(C)C1CCCC1. The van der Waals surface area contributed by atoms with E-state index in [0.717, 1.165) is 12.8 Å². The third kappa shape index (κ3) is 4.20. The van der Waals surface area contributed by atoms with Crippen molar-refractivity contribution in [2.45, 2.75) is 64.0 Å². The zero-order valence-corrected chi connectivity index (χ0v) is 10.0. The molecule has 0 aromatic carbocycles. The second-order valence-electron chi connectivity index (χ2n) is 4.81. The number of carbonyl (C=O) groups is 1. The first-order valence-corrected chi connectivity index (χ1v) is 6.12. The van der Waals surface area contributed by atoms with E-state index in [1.165, 1.54) is 25.7 Å². The molecule has 0 heterocycles. The Hall–Kier alpha value is -0.570. The minimum Gasteiger partial charge on any atom is -0.343 e. The van der Waals surface area contributed by atoms with Crippen LogP contribution in [0.25, 0.3) is 0 Å². The zero-order chi connectivity index (χ0) is 11.3. The van der Waals surface area contributed by atoms with Gasteiger partial charge in [-0.05, 0) is 32.6 Å². The number of nitrogens with zero attached hydrogens (tertiary/aromatic N) is 1. The number of hydrogen-bond donors (Lipinski definition) is 1. The van der Waals surface area contributed by atoms with Crippen molar-refractivity contribution in [1.29, 1.82) is 0 Å². The molecule has 0 bridgehead atoms. The first kappa shape index (κ1) is 12.5. The van der Waals surface area contributed by atoms with E-state index in [4.69, 9.17) is 5.73 Å². The average molecular weight is 212 g/mol. The van der Waals surface area contributed by atoms with E-state index < -0.39 is 0 Å². The van der Waals surface area contributed by atoms with E-state index in [9.17, 15) is 4.79 Å². The van der Waals surface area contributed by atoms with Crippen molar-refractivity contribution in [3.63, 3.8) is 0 Å². The third-order valence-electron chi connectivity index (χ3n) is 3.32. The molecule has 0 spiro atoms. The molecule has 3 nitrogen and oxygen atoms in total. The van der Waals surface area contributed by atoms with Crippen LogP contribution in [0.1, 0.15) is 51.9 Å². The minimum absolute atomic E-state index is 0.217. The molecule has 1 saturated carbocycles. The van der Waals surface area contributed by atoms with Gasteiger partial charge in [0.05, 0.1) is 0 Å². The molecule has 0 saturated heterocycles. The minimum atomic E-state index is 0.217. The maximum absolute atomic E-state index is 11.8. The first-order chi connectivity index (χ1) is 7.11. The molecule has 1 amide bonds. The molecule has 0 aliphatic heterocycles. The molecule has 1 unspecified atom stereocenters. The summed E-state index contributed by atoms with van der Waals surface area (Å²) in [5.41, 5.74) is 5.65. The molecule has 1 aliphatic rings. The van der Waals surface area contributed by atoms with Crippen LogP contribution in [0.15, 0.2) is 0 Å². The predicted molar refractivity (Wildman–Crippen MR) is 62.5 cm³/mol. The van der Waals surface area contributed by atoms with Gasteiger partial charge >= 0.3 is 0 Å². The highest BCUT2D eigenvalue weighted by Gasteiger charge is 2.22. The molecule has 1 atom stereocenters. The maximum Gasteiger partial charge on any atom is 0.222 e. The fourth-order valence-corrected chi connectivity index (χ4v) is 2.25. The lowest BCUT2D eigenvalue weighted by molar-refractivity contribution is -0.132. The maximum atomic E-state index is 11.8. The van der Waals surface area contributed by atoms with Gasteiger partial charge in [0.1, 0.15) is 0 Å². The van der Waals surface area contributed by atoms with Gasteiger partial charge in [0.2, 0.25) is 5.91 Å².